The molecular weight excluding hydrogens is 358 g/mol. The fraction of sp³-hybridized carbons (Fsp3) is 0.0952. The lowest BCUT2D eigenvalue weighted by Crippen LogP contribution is -1.96. The molecule has 3 N–H and O–H groups in total. The maximum atomic E-state index is 11.9. The summed E-state index contributed by atoms with van der Waals surface area (Å²) in [5.74, 6) is 0. The largest absolute Gasteiger partial charge is 0.346 e. The van der Waals surface area contributed by atoms with Crippen LogP contribution in [0.3, 0.4) is 0 Å². The Morgan fingerprint density at radius 2 is 1.78 bits per heavy atom. The van der Waals surface area contributed by atoms with E-state index >= 15 is 0 Å². The zero-order valence-electron chi connectivity index (χ0n) is 14.8. The van der Waals surface area contributed by atoms with Gasteiger partial charge in [-0.3, -0.25) is 0 Å². The first-order valence-corrected chi connectivity index (χ1v) is 10.4. The molecule has 2 heterocycles. The third-order valence-corrected chi connectivity index (χ3v) is 5.71. The second-order valence-electron chi connectivity index (χ2n) is 6.53. The lowest BCUT2D eigenvalue weighted by Gasteiger charge is -2.06. The number of pyridine rings is 1. The molecule has 6 heteroatoms. The first-order chi connectivity index (χ1) is 13.0. The molecule has 4 rings (SSSR count). The van der Waals surface area contributed by atoms with Gasteiger partial charge in [-0.2, -0.15) is 0 Å². The van der Waals surface area contributed by atoms with Crippen LogP contribution in [0.4, 0.5) is 0 Å². The highest BCUT2D eigenvalue weighted by Gasteiger charge is 2.12. The number of fused-ring (bicyclic) bond motifs is 1. The van der Waals surface area contributed by atoms with Crippen LogP contribution < -0.4 is 5.73 Å². The van der Waals surface area contributed by atoms with E-state index in [0.717, 1.165) is 38.9 Å². The van der Waals surface area contributed by atoms with Crippen LogP contribution in [0, 0.1) is 0 Å². The number of benzene rings is 2. The van der Waals surface area contributed by atoms with E-state index in [1.165, 1.54) is 6.26 Å². The SMILES string of the molecule is CS(=O)(=O)c1cccc(-c2cnc3[nH]cc(-c4cccc(CN)c4)c3c2)c1. The Bertz CT molecular complexity index is 1240. The second-order valence-corrected chi connectivity index (χ2v) is 8.54. The van der Waals surface area contributed by atoms with Gasteiger partial charge in [-0.1, -0.05) is 30.3 Å². The summed E-state index contributed by atoms with van der Waals surface area (Å²) in [5.41, 5.74) is 11.4. The third kappa shape index (κ3) is 3.37. The third-order valence-electron chi connectivity index (χ3n) is 4.60. The van der Waals surface area contributed by atoms with Crippen LogP contribution in [0.25, 0.3) is 33.3 Å². The first kappa shape index (κ1) is 17.5. The van der Waals surface area contributed by atoms with E-state index in [4.69, 9.17) is 5.73 Å². The molecule has 0 radical (unpaired) electrons. The van der Waals surface area contributed by atoms with E-state index in [-0.39, 0.29) is 0 Å². The van der Waals surface area contributed by atoms with Crippen LogP contribution in [0.5, 0.6) is 0 Å². The number of hydrogen-bond donors (Lipinski definition) is 2. The van der Waals surface area contributed by atoms with Gasteiger partial charge < -0.3 is 10.7 Å². The molecule has 27 heavy (non-hydrogen) atoms. The van der Waals surface area contributed by atoms with Crippen molar-refractivity contribution in [3.8, 4) is 22.3 Å². The van der Waals surface area contributed by atoms with Gasteiger partial charge in [0.25, 0.3) is 0 Å². The van der Waals surface area contributed by atoms with Crippen molar-refractivity contribution in [2.24, 2.45) is 5.73 Å². The Hall–Kier alpha value is -2.96. The van der Waals surface area contributed by atoms with Crippen molar-refractivity contribution in [3.05, 3.63) is 72.6 Å². The van der Waals surface area contributed by atoms with Gasteiger partial charge in [0.15, 0.2) is 9.84 Å². The van der Waals surface area contributed by atoms with Crippen molar-refractivity contribution in [1.29, 1.82) is 0 Å². The van der Waals surface area contributed by atoms with Gasteiger partial charge in [0.05, 0.1) is 4.90 Å². The Balaban J connectivity index is 1.85. The summed E-state index contributed by atoms with van der Waals surface area (Å²) in [7, 11) is -3.26. The van der Waals surface area contributed by atoms with Gasteiger partial charge >= 0.3 is 0 Å². The van der Waals surface area contributed by atoms with Gasteiger partial charge in [-0.15, -0.1) is 0 Å². The van der Waals surface area contributed by atoms with Crippen LogP contribution in [0.1, 0.15) is 5.56 Å². The summed E-state index contributed by atoms with van der Waals surface area (Å²) in [6.07, 6.45) is 4.90. The van der Waals surface area contributed by atoms with Gasteiger partial charge in [0, 0.05) is 41.7 Å². The second kappa shape index (κ2) is 6.64. The standard InChI is InChI=1S/C21H19N3O2S/c1-27(25,26)18-7-3-5-15(9-18)17-10-19-20(13-24-21(19)23-12-17)16-6-2-4-14(8-16)11-22/h2-10,12-13H,11,22H2,1H3,(H,23,24). The maximum Gasteiger partial charge on any atom is 0.175 e. The van der Waals surface area contributed by atoms with Crippen molar-refractivity contribution in [2.75, 3.05) is 6.26 Å². The molecule has 0 bridgehead atoms. The molecule has 4 aromatic rings. The summed E-state index contributed by atoms with van der Waals surface area (Å²) < 4.78 is 23.7. The summed E-state index contributed by atoms with van der Waals surface area (Å²) in [6.45, 7) is 0.484. The molecule has 0 aliphatic carbocycles. The minimum absolute atomic E-state index is 0.296. The molecule has 0 aliphatic rings. The maximum absolute atomic E-state index is 11.9. The Morgan fingerprint density at radius 3 is 2.56 bits per heavy atom. The van der Waals surface area contributed by atoms with E-state index < -0.39 is 9.84 Å². The van der Waals surface area contributed by atoms with Crippen LogP contribution in [0.2, 0.25) is 0 Å². The van der Waals surface area contributed by atoms with Crippen LogP contribution >= 0.6 is 0 Å². The Kier molecular flexibility index (Phi) is 4.30. The molecule has 2 aromatic carbocycles. The highest BCUT2D eigenvalue weighted by atomic mass is 32.2. The molecule has 2 aromatic heterocycles. The number of hydrogen-bond acceptors (Lipinski definition) is 4. The zero-order chi connectivity index (χ0) is 19.0. The summed E-state index contributed by atoms with van der Waals surface area (Å²) in [6, 6.07) is 17.0. The fourth-order valence-corrected chi connectivity index (χ4v) is 3.84. The van der Waals surface area contributed by atoms with Gasteiger partial charge in [0.1, 0.15) is 5.65 Å². The van der Waals surface area contributed by atoms with Crippen molar-refractivity contribution in [3.63, 3.8) is 0 Å². The van der Waals surface area contributed by atoms with Gasteiger partial charge in [-0.25, -0.2) is 13.4 Å². The average Bonchev–Trinajstić information content (AvgIpc) is 3.10. The predicted octanol–water partition coefficient (Wildman–Crippen LogP) is 3.76. The van der Waals surface area contributed by atoms with E-state index in [2.05, 4.69) is 16.0 Å². The highest BCUT2D eigenvalue weighted by molar-refractivity contribution is 7.90. The molecule has 5 nitrogen and oxygen atoms in total. The van der Waals surface area contributed by atoms with E-state index in [1.807, 2.05) is 36.5 Å². The number of nitrogens with one attached hydrogen (secondary N) is 1. The number of nitrogens with two attached hydrogens (primary N) is 1. The van der Waals surface area contributed by atoms with Crippen LogP contribution in [-0.4, -0.2) is 24.6 Å². The number of aromatic amines is 1. The normalized spacial score (nSPS) is 11.8. The number of rotatable bonds is 4. The van der Waals surface area contributed by atoms with Crippen molar-refractivity contribution < 1.29 is 8.42 Å². The molecule has 0 fully saturated rings. The molecule has 0 aliphatic heterocycles. The van der Waals surface area contributed by atoms with Gasteiger partial charge in [-0.05, 0) is 41.0 Å². The van der Waals surface area contributed by atoms with Crippen molar-refractivity contribution in [1.82, 2.24) is 9.97 Å². The molecule has 136 valence electrons. The monoisotopic (exact) mass is 377 g/mol. The van der Waals surface area contributed by atoms with E-state index in [0.29, 0.717) is 11.4 Å². The highest BCUT2D eigenvalue weighted by Crippen LogP contribution is 2.32. The van der Waals surface area contributed by atoms with E-state index in [1.54, 1.807) is 24.4 Å². The molecule has 0 spiro atoms. The van der Waals surface area contributed by atoms with Crippen molar-refractivity contribution >= 4 is 20.9 Å². The lowest BCUT2D eigenvalue weighted by molar-refractivity contribution is 0.602. The summed E-state index contributed by atoms with van der Waals surface area (Å²) in [4.78, 5) is 8.00. The molecule has 0 amide bonds. The number of aromatic nitrogens is 2. The van der Waals surface area contributed by atoms with Crippen LogP contribution in [-0.2, 0) is 16.4 Å². The van der Waals surface area contributed by atoms with E-state index in [9.17, 15) is 8.42 Å². The average molecular weight is 377 g/mol. The Labute approximate surface area is 157 Å². The smallest absolute Gasteiger partial charge is 0.175 e. The predicted molar refractivity (Wildman–Crippen MR) is 108 cm³/mol. The zero-order valence-corrected chi connectivity index (χ0v) is 15.6. The molecule has 0 saturated carbocycles. The van der Waals surface area contributed by atoms with Crippen LogP contribution in [0.15, 0.2) is 71.9 Å². The fourth-order valence-electron chi connectivity index (χ4n) is 3.17. The molecule has 0 unspecified atom stereocenters. The lowest BCUT2D eigenvalue weighted by atomic mass is 10.0. The first-order valence-electron chi connectivity index (χ1n) is 8.53. The number of H-pyrrole nitrogens is 1. The summed E-state index contributed by atoms with van der Waals surface area (Å²) in [5, 5.41) is 0.978. The molecule has 0 atom stereocenters. The number of nitrogens with zero attached hydrogens (tertiary/aromatic N) is 1. The topological polar surface area (TPSA) is 88.8 Å². The summed E-state index contributed by atoms with van der Waals surface area (Å²) >= 11 is 0. The quantitative estimate of drug-likeness (QED) is 0.567. The molecule has 0 saturated heterocycles. The minimum atomic E-state index is -3.26. The van der Waals surface area contributed by atoms with Gasteiger partial charge in [0.2, 0.25) is 0 Å². The van der Waals surface area contributed by atoms with Crippen molar-refractivity contribution in [2.45, 2.75) is 11.4 Å². The number of sulfone groups is 1. The Morgan fingerprint density at radius 1 is 1.00 bits per heavy atom. The minimum Gasteiger partial charge on any atom is -0.346 e. The molecular formula is C21H19N3O2S.